The Morgan fingerprint density at radius 2 is 1.19 bits per heavy atom. The largest absolute Gasteiger partial charge is 0.417 e. The van der Waals surface area contributed by atoms with Gasteiger partial charge in [-0.25, -0.2) is 9.59 Å². The summed E-state index contributed by atoms with van der Waals surface area (Å²) in [6.45, 7) is 0.306. The van der Waals surface area contributed by atoms with E-state index in [0.29, 0.717) is 23.7 Å². The second-order valence-electron chi connectivity index (χ2n) is 5.58. The Bertz CT molecular complexity index is 881. The molecule has 0 aliphatic rings. The average Bonchev–Trinajstić information content (AvgIpc) is 2.69. The fraction of sp³-hybridized carbons (Fsp3) is 0.0476. The summed E-state index contributed by atoms with van der Waals surface area (Å²) in [5, 5.41) is 5.31. The molecule has 0 unspecified atom stereocenters. The Morgan fingerprint density at radius 3 is 1.74 bits per heavy atom. The standard InChI is InChI=1S/C21H18N2O4/c24-20(26-18-7-3-1-4-8-18)22-15-16-11-13-17(14-12-16)23-21(25)27-19-9-5-2-6-10-19/h1-14H,15H2,(H,22,24)(H,23,25). The van der Waals surface area contributed by atoms with Crippen LogP contribution >= 0.6 is 0 Å². The third-order valence-electron chi connectivity index (χ3n) is 3.54. The number of rotatable bonds is 5. The van der Waals surface area contributed by atoms with Crippen LogP contribution < -0.4 is 20.1 Å². The first-order chi connectivity index (χ1) is 13.2. The summed E-state index contributed by atoms with van der Waals surface area (Å²) < 4.78 is 10.3. The highest BCUT2D eigenvalue weighted by Crippen LogP contribution is 2.13. The Morgan fingerprint density at radius 1 is 0.667 bits per heavy atom. The van der Waals surface area contributed by atoms with E-state index in [1.807, 2.05) is 12.1 Å². The van der Waals surface area contributed by atoms with Crippen molar-refractivity contribution in [3.63, 3.8) is 0 Å². The first kappa shape index (κ1) is 18.0. The summed E-state index contributed by atoms with van der Waals surface area (Å²) in [4.78, 5) is 23.6. The number of carbonyl (C=O) groups is 2. The van der Waals surface area contributed by atoms with Crippen molar-refractivity contribution in [2.45, 2.75) is 6.54 Å². The second-order valence-corrected chi connectivity index (χ2v) is 5.58. The van der Waals surface area contributed by atoms with E-state index in [2.05, 4.69) is 10.6 Å². The molecule has 0 aliphatic heterocycles. The third-order valence-corrected chi connectivity index (χ3v) is 3.54. The van der Waals surface area contributed by atoms with Crippen LogP contribution in [0.15, 0.2) is 84.9 Å². The summed E-state index contributed by atoms with van der Waals surface area (Å²) >= 11 is 0. The van der Waals surface area contributed by atoms with Crippen LogP contribution in [0.4, 0.5) is 15.3 Å². The maximum Gasteiger partial charge on any atom is 0.417 e. The third kappa shape index (κ3) is 5.89. The SMILES string of the molecule is O=C(NCc1ccc(NC(=O)Oc2ccccc2)cc1)Oc1ccccc1. The molecule has 6 heteroatoms. The van der Waals surface area contributed by atoms with Crippen molar-refractivity contribution in [3.05, 3.63) is 90.5 Å². The lowest BCUT2D eigenvalue weighted by Gasteiger charge is -2.09. The number of amides is 2. The van der Waals surface area contributed by atoms with Crippen LogP contribution in [0.3, 0.4) is 0 Å². The van der Waals surface area contributed by atoms with Crippen molar-refractivity contribution < 1.29 is 19.1 Å². The van der Waals surface area contributed by atoms with Gasteiger partial charge in [0.05, 0.1) is 0 Å². The highest BCUT2D eigenvalue weighted by molar-refractivity contribution is 5.86. The normalized spacial score (nSPS) is 9.93. The molecule has 0 aromatic heterocycles. The van der Waals surface area contributed by atoms with Crippen molar-refractivity contribution in [1.29, 1.82) is 0 Å². The molecule has 0 saturated carbocycles. The van der Waals surface area contributed by atoms with Crippen LogP contribution in [-0.4, -0.2) is 12.2 Å². The Labute approximate surface area is 156 Å². The van der Waals surface area contributed by atoms with Gasteiger partial charge < -0.3 is 14.8 Å². The van der Waals surface area contributed by atoms with Gasteiger partial charge in [0.2, 0.25) is 0 Å². The summed E-state index contributed by atoms with van der Waals surface area (Å²) in [7, 11) is 0. The smallest absolute Gasteiger partial charge is 0.410 e. The summed E-state index contributed by atoms with van der Waals surface area (Å²) in [5.41, 5.74) is 1.45. The van der Waals surface area contributed by atoms with Gasteiger partial charge in [0, 0.05) is 12.2 Å². The molecule has 2 amide bonds. The minimum Gasteiger partial charge on any atom is -0.410 e. The molecule has 3 aromatic rings. The van der Waals surface area contributed by atoms with Crippen LogP contribution in [-0.2, 0) is 6.54 Å². The number of carbonyl (C=O) groups excluding carboxylic acids is 2. The molecule has 0 fully saturated rings. The van der Waals surface area contributed by atoms with Gasteiger partial charge in [-0.2, -0.15) is 0 Å². The average molecular weight is 362 g/mol. The Balaban J connectivity index is 1.45. The fourth-order valence-electron chi connectivity index (χ4n) is 2.25. The molecule has 27 heavy (non-hydrogen) atoms. The molecule has 0 bridgehead atoms. The van der Waals surface area contributed by atoms with Gasteiger partial charge in [0.1, 0.15) is 11.5 Å². The van der Waals surface area contributed by atoms with Gasteiger partial charge in [-0.15, -0.1) is 0 Å². The number of para-hydroxylation sites is 2. The van der Waals surface area contributed by atoms with Gasteiger partial charge >= 0.3 is 12.2 Å². The van der Waals surface area contributed by atoms with Gasteiger partial charge in [-0.05, 0) is 42.0 Å². The summed E-state index contributed by atoms with van der Waals surface area (Å²) in [5.74, 6) is 0.944. The Hall–Kier alpha value is -3.80. The highest BCUT2D eigenvalue weighted by Gasteiger charge is 2.06. The number of hydrogen-bond acceptors (Lipinski definition) is 4. The molecule has 0 radical (unpaired) electrons. The minimum atomic E-state index is -0.571. The van der Waals surface area contributed by atoms with Gasteiger partial charge in [-0.3, -0.25) is 5.32 Å². The molecule has 3 rings (SSSR count). The van der Waals surface area contributed by atoms with Crippen LogP contribution in [0.1, 0.15) is 5.56 Å². The number of hydrogen-bond donors (Lipinski definition) is 2. The molecular weight excluding hydrogens is 344 g/mol. The number of nitrogens with one attached hydrogen (secondary N) is 2. The molecule has 0 atom stereocenters. The zero-order valence-corrected chi connectivity index (χ0v) is 14.4. The molecule has 136 valence electrons. The predicted molar refractivity (Wildman–Crippen MR) is 102 cm³/mol. The molecule has 0 aliphatic carbocycles. The molecule has 0 heterocycles. The van der Waals surface area contributed by atoms with Crippen LogP contribution in [0.2, 0.25) is 0 Å². The first-order valence-electron chi connectivity index (χ1n) is 8.32. The lowest BCUT2D eigenvalue weighted by atomic mass is 10.2. The molecule has 0 saturated heterocycles. The first-order valence-corrected chi connectivity index (χ1v) is 8.32. The van der Waals surface area contributed by atoms with E-state index >= 15 is 0 Å². The lowest BCUT2D eigenvalue weighted by Crippen LogP contribution is -2.26. The highest BCUT2D eigenvalue weighted by atomic mass is 16.6. The molecule has 3 aromatic carbocycles. The molecule has 0 spiro atoms. The topological polar surface area (TPSA) is 76.7 Å². The van der Waals surface area contributed by atoms with Crippen LogP contribution in [0.5, 0.6) is 11.5 Å². The number of ether oxygens (including phenoxy) is 2. The van der Waals surface area contributed by atoms with E-state index in [-0.39, 0.29) is 0 Å². The van der Waals surface area contributed by atoms with Crippen molar-refractivity contribution in [3.8, 4) is 11.5 Å². The van der Waals surface area contributed by atoms with E-state index in [4.69, 9.17) is 9.47 Å². The lowest BCUT2D eigenvalue weighted by molar-refractivity contribution is 0.200. The van der Waals surface area contributed by atoms with E-state index in [0.717, 1.165) is 5.56 Å². The second kappa shape index (κ2) is 9.05. The Kier molecular flexibility index (Phi) is 6.04. The predicted octanol–water partition coefficient (Wildman–Crippen LogP) is 4.59. The van der Waals surface area contributed by atoms with Crippen molar-refractivity contribution >= 4 is 17.9 Å². The van der Waals surface area contributed by atoms with E-state index in [1.54, 1.807) is 72.8 Å². The zero-order chi connectivity index (χ0) is 18.9. The monoisotopic (exact) mass is 362 g/mol. The van der Waals surface area contributed by atoms with Crippen molar-refractivity contribution in [1.82, 2.24) is 5.32 Å². The van der Waals surface area contributed by atoms with Crippen molar-refractivity contribution in [2.24, 2.45) is 0 Å². The van der Waals surface area contributed by atoms with E-state index in [9.17, 15) is 9.59 Å². The van der Waals surface area contributed by atoms with Gasteiger partial charge in [0.15, 0.2) is 0 Å². The minimum absolute atomic E-state index is 0.306. The quantitative estimate of drug-likeness (QED) is 0.696. The number of anilines is 1. The maximum absolute atomic E-state index is 11.8. The van der Waals surface area contributed by atoms with Crippen molar-refractivity contribution in [2.75, 3.05) is 5.32 Å². The summed E-state index contributed by atoms with van der Waals surface area (Å²) in [6.07, 6.45) is -1.10. The molecule has 6 nitrogen and oxygen atoms in total. The molecule has 2 N–H and O–H groups in total. The van der Waals surface area contributed by atoms with Gasteiger partial charge in [0.25, 0.3) is 0 Å². The maximum atomic E-state index is 11.8. The van der Waals surface area contributed by atoms with E-state index < -0.39 is 12.2 Å². The van der Waals surface area contributed by atoms with Crippen LogP contribution in [0.25, 0.3) is 0 Å². The van der Waals surface area contributed by atoms with Crippen LogP contribution in [0, 0.1) is 0 Å². The summed E-state index contributed by atoms with van der Waals surface area (Å²) in [6, 6.07) is 24.7. The molecular formula is C21H18N2O4. The fourth-order valence-corrected chi connectivity index (χ4v) is 2.25. The van der Waals surface area contributed by atoms with Gasteiger partial charge in [-0.1, -0.05) is 48.5 Å². The van der Waals surface area contributed by atoms with E-state index in [1.165, 1.54) is 0 Å². The zero-order valence-electron chi connectivity index (χ0n) is 14.4. The number of benzene rings is 3.